The Kier molecular flexibility index (Phi) is 4.86. The van der Waals surface area contributed by atoms with Gasteiger partial charge in [0.15, 0.2) is 0 Å². The molecule has 0 aliphatic carbocycles. The molecule has 1 unspecified atom stereocenters. The number of hydrogen-bond donors (Lipinski definition) is 2. The van der Waals surface area contributed by atoms with Crippen molar-refractivity contribution >= 4 is 5.91 Å². The summed E-state index contributed by atoms with van der Waals surface area (Å²) < 4.78 is 5.16. The van der Waals surface area contributed by atoms with Crippen LogP contribution in [0.3, 0.4) is 0 Å². The van der Waals surface area contributed by atoms with E-state index in [4.69, 9.17) is 9.84 Å². The zero-order valence-electron chi connectivity index (χ0n) is 8.53. The van der Waals surface area contributed by atoms with Gasteiger partial charge in [-0.1, -0.05) is 0 Å². The van der Waals surface area contributed by atoms with Crippen molar-refractivity contribution in [3.8, 4) is 0 Å². The van der Waals surface area contributed by atoms with Gasteiger partial charge in [-0.05, 0) is 6.92 Å². The van der Waals surface area contributed by atoms with E-state index in [2.05, 4.69) is 5.32 Å². The highest BCUT2D eigenvalue weighted by molar-refractivity contribution is 5.81. The highest BCUT2D eigenvalue weighted by atomic mass is 16.5. The van der Waals surface area contributed by atoms with E-state index in [9.17, 15) is 4.79 Å². The molecule has 1 aliphatic rings. The highest BCUT2D eigenvalue weighted by Crippen LogP contribution is 2.00. The summed E-state index contributed by atoms with van der Waals surface area (Å²) in [6.45, 7) is 4.91. The molecule has 1 fully saturated rings. The van der Waals surface area contributed by atoms with Gasteiger partial charge in [0.25, 0.3) is 0 Å². The van der Waals surface area contributed by atoms with Gasteiger partial charge in [-0.3, -0.25) is 4.79 Å². The van der Waals surface area contributed by atoms with Crippen LogP contribution in [0.5, 0.6) is 0 Å². The van der Waals surface area contributed by atoms with E-state index in [1.165, 1.54) is 0 Å². The van der Waals surface area contributed by atoms with Gasteiger partial charge >= 0.3 is 0 Å². The zero-order valence-corrected chi connectivity index (χ0v) is 8.53. The molecule has 0 radical (unpaired) electrons. The van der Waals surface area contributed by atoms with E-state index in [-0.39, 0.29) is 18.6 Å². The normalized spacial score (nSPS) is 19.4. The van der Waals surface area contributed by atoms with Crippen LogP contribution in [-0.2, 0) is 9.53 Å². The van der Waals surface area contributed by atoms with Crippen molar-refractivity contribution in [2.24, 2.45) is 0 Å². The number of nitrogens with one attached hydrogen (secondary N) is 1. The molecule has 0 bridgehead atoms. The number of aliphatic hydroxyl groups is 1. The average Bonchev–Trinajstić information content (AvgIpc) is 2.26. The summed E-state index contributed by atoms with van der Waals surface area (Å²) in [5.74, 6) is 0.0850. The second-order valence-corrected chi connectivity index (χ2v) is 3.34. The lowest BCUT2D eigenvalue weighted by atomic mass is 10.2. The summed E-state index contributed by atoms with van der Waals surface area (Å²) in [6.07, 6.45) is 0. The number of carbonyl (C=O) groups is 1. The smallest absolute Gasteiger partial charge is 0.239 e. The van der Waals surface area contributed by atoms with Crippen molar-refractivity contribution in [1.82, 2.24) is 10.2 Å². The molecule has 0 saturated carbocycles. The van der Waals surface area contributed by atoms with Gasteiger partial charge in [-0.25, -0.2) is 0 Å². The molecule has 0 spiro atoms. The van der Waals surface area contributed by atoms with E-state index < -0.39 is 0 Å². The minimum absolute atomic E-state index is 0.0563. The van der Waals surface area contributed by atoms with Crippen LogP contribution in [-0.4, -0.2) is 61.4 Å². The minimum Gasteiger partial charge on any atom is -0.395 e. The van der Waals surface area contributed by atoms with E-state index in [0.29, 0.717) is 32.8 Å². The number of rotatable bonds is 4. The molecule has 0 aromatic heterocycles. The van der Waals surface area contributed by atoms with E-state index in [1.54, 1.807) is 4.90 Å². The first-order valence-electron chi connectivity index (χ1n) is 4.96. The van der Waals surface area contributed by atoms with Gasteiger partial charge in [0.2, 0.25) is 5.91 Å². The molecule has 5 nitrogen and oxygen atoms in total. The van der Waals surface area contributed by atoms with Crippen LogP contribution < -0.4 is 5.32 Å². The maximum absolute atomic E-state index is 11.7. The third-order valence-corrected chi connectivity index (χ3v) is 2.26. The Bertz CT molecular complexity index is 181. The van der Waals surface area contributed by atoms with Gasteiger partial charge in [-0.2, -0.15) is 0 Å². The maximum Gasteiger partial charge on any atom is 0.239 e. The lowest BCUT2D eigenvalue weighted by molar-refractivity contribution is -0.137. The molecule has 1 rings (SSSR count). The SMILES string of the molecule is CC(NCCO)C(=O)N1CCOCC1. The number of morpholine rings is 1. The summed E-state index contributed by atoms with van der Waals surface area (Å²) in [4.78, 5) is 13.5. The summed E-state index contributed by atoms with van der Waals surface area (Å²) in [5.41, 5.74) is 0. The molecular weight excluding hydrogens is 184 g/mol. The highest BCUT2D eigenvalue weighted by Gasteiger charge is 2.21. The fourth-order valence-corrected chi connectivity index (χ4v) is 1.43. The largest absolute Gasteiger partial charge is 0.395 e. The Morgan fingerprint density at radius 3 is 2.79 bits per heavy atom. The molecule has 5 heteroatoms. The number of carbonyl (C=O) groups excluding carboxylic acids is 1. The molecule has 14 heavy (non-hydrogen) atoms. The van der Waals surface area contributed by atoms with Gasteiger partial charge in [0, 0.05) is 19.6 Å². The Labute approximate surface area is 84.0 Å². The van der Waals surface area contributed by atoms with Crippen molar-refractivity contribution in [3.63, 3.8) is 0 Å². The lowest BCUT2D eigenvalue weighted by Crippen LogP contribution is -2.49. The Morgan fingerprint density at radius 1 is 1.57 bits per heavy atom. The van der Waals surface area contributed by atoms with Crippen LogP contribution >= 0.6 is 0 Å². The third-order valence-electron chi connectivity index (χ3n) is 2.26. The topological polar surface area (TPSA) is 61.8 Å². The molecular formula is C9H18N2O3. The van der Waals surface area contributed by atoms with Crippen LogP contribution in [0.4, 0.5) is 0 Å². The summed E-state index contributed by atoms with van der Waals surface area (Å²) in [7, 11) is 0. The average molecular weight is 202 g/mol. The first-order chi connectivity index (χ1) is 6.75. The van der Waals surface area contributed by atoms with Crippen LogP contribution in [0.15, 0.2) is 0 Å². The van der Waals surface area contributed by atoms with Crippen LogP contribution in [0.25, 0.3) is 0 Å². The molecule has 1 atom stereocenters. The lowest BCUT2D eigenvalue weighted by Gasteiger charge is -2.29. The van der Waals surface area contributed by atoms with Crippen molar-refractivity contribution < 1.29 is 14.6 Å². The molecule has 1 heterocycles. The predicted molar refractivity (Wildman–Crippen MR) is 51.9 cm³/mol. The molecule has 0 aromatic carbocycles. The van der Waals surface area contributed by atoms with Crippen molar-refractivity contribution in [1.29, 1.82) is 0 Å². The van der Waals surface area contributed by atoms with Crippen molar-refractivity contribution in [3.05, 3.63) is 0 Å². The maximum atomic E-state index is 11.7. The molecule has 0 aromatic rings. The minimum atomic E-state index is -0.222. The Balaban J connectivity index is 2.30. The Hall–Kier alpha value is -0.650. The summed E-state index contributed by atoms with van der Waals surface area (Å²) >= 11 is 0. The van der Waals surface area contributed by atoms with E-state index in [0.717, 1.165) is 0 Å². The van der Waals surface area contributed by atoms with Crippen molar-refractivity contribution in [2.75, 3.05) is 39.5 Å². The van der Waals surface area contributed by atoms with Crippen LogP contribution in [0.2, 0.25) is 0 Å². The first kappa shape index (κ1) is 11.4. The fraction of sp³-hybridized carbons (Fsp3) is 0.889. The Morgan fingerprint density at radius 2 is 2.21 bits per heavy atom. The van der Waals surface area contributed by atoms with E-state index in [1.807, 2.05) is 6.92 Å². The number of ether oxygens (including phenoxy) is 1. The second-order valence-electron chi connectivity index (χ2n) is 3.34. The third kappa shape index (κ3) is 3.25. The van der Waals surface area contributed by atoms with Gasteiger partial charge in [0.05, 0.1) is 25.9 Å². The van der Waals surface area contributed by atoms with Gasteiger partial charge < -0.3 is 20.1 Å². The monoisotopic (exact) mass is 202 g/mol. The standard InChI is InChI=1S/C9H18N2O3/c1-8(10-2-5-12)9(13)11-3-6-14-7-4-11/h8,10,12H,2-7H2,1H3. The molecule has 1 saturated heterocycles. The van der Waals surface area contributed by atoms with Crippen LogP contribution in [0, 0.1) is 0 Å². The zero-order chi connectivity index (χ0) is 10.4. The van der Waals surface area contributed by atoms with E-state index >= 15 is 0 Å². The molecule has 1 amide bonds. The quantitative estimate of drug-likeness (QED) is 0.602. The van der Waals surface area contributed by atoms with Crippen molar-refractivity contribution in [2.45, 2.75) is 13.0 Å². The van der Waals surface area contributed by atoms with Crippen LogP contribution in [0.1, 0.15) is 6.92 Å². The van der Waals surface area contributed by atoms with Gasteiger partial charge in [0.1, 0.15) is 0 Å². The number of amides is 1. The fourth-order valence-electron chi connectivity index (χ4n) is 1.43. The number of aliphatic hydroxyl groups excluding tert-OH is 1. The van der Waals surface area contributed by atoms with Gasteiger partial charge in [-0.15, -0.1) is 0 Å². The predicted octanol–water partition coefficient (Wildman–Crippen LogP) is -1.18. The molecule has 1 aliphatic heterocycles. The first-order valence-corrected chi connectivity index (χ1v) is 4.96. The summed E-state index contributed by atoms with van der Waals surface area (Å²) in [5, 5.41) is 11.5. The summed E-state index contributed by atoms with van der Waals surface area (Å²) in [6, 6.07) is -0.222. The second kappa shape index (κ2) is 5.95. The molecule has 2 N–H and O–H groups in total. The molecule has 82 valence electrons. The number of nitrogens with zero attached hydrogens (tertiary/aromatic N) is 1. The number of hydrogen-bond acceptors (Lipinski definition) is 4.